The summed E-state index contributed by atoms with van der Waals surface area (Å²) in [5.41, 5.74) is 0.979. The largest absolute Gasteiger partial charge is 0.482 e. The van der Waals surface area contributed by atoms with E-state index in [4.69, 9.17) is 9.84 Å². The summed E-state index contributed by atoms with van der Waals surface area (Å²) in [6.45, 7) is 2.00. The van der Waals surface area contributed by atoms with Crippen molar-refractivity contribution in [3.8, 4) is 5.75 Å². The lowest BCUT2D eigenvalue weighted by Crippen LogP contribution is -2.39. The van der Waals surface area contributed by atoms with Crippen molar-refractivity contribution in [3.63, 3.8) is 0 Å². The number of rotatable bonds is 4. The Morgan fingerprint density at radius 2 is 2.21 bits per heavy atom. The van der Waals surface area contributed by atoms with Crippen molar-refractivity contribution in [2.75, 3.05) is 18.1 Å². The van der Waals surface area contributed by atoms with E-state index >= 15 is 0 Å². The molecule has 5 heteroatoms. The molecule has 19 heavy (non-hydrogen) atoms. The van der Waals surface area contributed by atoms with Crippen molar-refractivity contribution in [1.82, 2.24) is 0 Å². The van der Waals surface area contributed by atoms with Gasteiger partial charge >= 0.3 is 5.97 Å². The Labute approximate surface area is 111 Å². The number of nitrogens with zero attached hydrogens (tertiary/aromatic N) is 1. The van der Waals surface area contributed by atoms with Crippen LogP contribution in [-0.4, -0.2) is 30.1 Å². The lowest BCUT2D eigenvalue weighted by molar-refractivity contribution is -0.132. The highest BCUT2D eigenvalue weighted by Gasteiger charge is 2.24. The third-order valence-corrected chi connectivity index (χ3v) is 2.98. The SMILES string of the molecule is CCC(=CCN1C(=O)COc2ccccc21)C(=O)O. The minimum Gasteiger partial charge on any atom is -0.482 e. The number of ether oxygens (including phenoxy) is 1. The quantitative estimate of drug-likeness (QED) is 0.840. The summed E-state index contributed by atoms with van der Waals surface area (Å²) in [7, 11) is 0. The van der Waals surface area contributed by atoms with Gasteiger partial charge in [-0.15, -0.1) is 0 Å². The van der Waals surface area contributed by atoms with Gasteiger partial charge in [0, 0.05) is 12.1 Å². The first kappa shape index (κ1) is 13.1. The molecule has 0 unspecified atom stereocenters. The predicted molar refractivity (Wildman–Crippen MR) is 70.3 cm³/mol. The molecule has 1 N–H and O–H groups in total. The standard InChI is InChI=1S/C14H15NO4/c1-2-10(14(17)18)7-8-15-11-5-3-4-6-12(11)19-9-13(15)16/h3-7H,2,8-9H2,1H3,(H,17,18). The number of aliphatic carboxylic acids is 1. The van der Waals surface area contributed by atoms with E-state index in [1.807, 2.05) is 12.1 Å². The normalized spacial score (nSPS) is 14.9. The molecule has 0 aromatic heterocycles. The molecule has 100 valence electrons. The van der Waals surface area contributed by atoms with E-state index in [0.717, 1.165) is 0 Å². The van der Waals surface area contributed by atoms with E-state index in [1.54, 1.807) is 25.1 Å². The highest BCUT2D eigenvalue weighted by atomic mass is 16.5. The average Bonchev–Trinajstić information content (AvgIpc) is 2.41. The molecule has 1 aliphatic heterocycles. The van der Waals surface area contributed by atoms with Gasteiger partial charge in [-0.25, -0.2) is 4.79 Å². The number of amides is 1. The molecule has 0 spiro atoms. The van der Waals surface area contributed by atoms with Gasteiger partial charge in [0.25, 0.3) is 5.91 Å². The number of carbonyl (C=O) groups is 2. The first-order chi connectivity index (χ1) is 9.13. The van der Waals surface area contributed by atoms with Gasteiger partial charge < -0.3 is 14.7 Å². The summed E-state index contributed by atoms with van der Waals surface area (Å²) in [6, 6.07) is 7.22. The van der Waals surface area contributed by atoms with E-state index < -0.39 is 5.97 Å². The number of hydrogen-bond donors (Lipinski definition) is 1. The second kappa shape index (κ2) is 5.56. The third-order valence-electron chi connectivity index (χ3n) is 2.98. The topological polar surface area (TPSA) is 66.8 Å². The highest BCUT2D eigenvalue weighted by molar-refractivity contribution is 5.98. The smallest absolute Gasteiger partial charge is 0.331 e. The van der Waals surface area contributed by atoms with Gasteiger partial charge in [0.1, 0.15) is 5.75 Å². The van der Waals surface area contributed by atoms with Gasteiger partial charge in [0.05, 0.1) is 5.69 Å². The fraction of sp³-hybridized carbons (Fsp3) is 0.286. The van der Waals surface area contributed by atoms with Crippen LogP contribution in [0.3, 0.4) is 0 Å². The number of carboxylic acid groups (broad SMARTS) is 1. The second-order valence-corrected chi connectivity index (χ2v) is 4.15. The molecule has 0 atom stereocenters. The Hall–Kier alpha value is -2.30. The molecule has 0 saturated carbocycles. The van der Waals surface area contributed by atoms with Crippen LogP contribution in [0.5, 0.6) is 5.75 Å². The van der Waals surface area contributed by atoms with Crippen molar-refractivity contribution in [2.24, 2.45) is 0 Å². The molecular formula is C14H15NO4. The van der Waals surface area contributed by atoms with Crippen molar-refractivity contribution >= 4 is 17.6 Å². The van der Waals surface area contributed by atoms with Gasteiger partial charge in [-0.2, -0.15) is 0 Å². The van der Waals surface area contributed by atoms with Crippen molar-refractivity contribution < 1.29 is 19.4 Å². The zero-order valence-electron chi connectivity index (χ0n) is 10.6. The molecule has 2 rings (SSSR count). The summed E-state index contributed by atoms with van der Waals surface area (Å²) in [4.78, 5) is 24.3. The van der Waals surface area contributed by atoms with Crippen LogP contribution < -0.4 is 9.64 Å². The van der Waals surface area contributed by atoms with Crippen LogP contribution >= 0.6 is 0 Å². The second-order valence-electron chi connectivity index (χ2n) is 4.15. The Kier molecular flexibility index (Phi) is 3.85. The van der Waals surface area contributed by atoms with Crippen LogP contribution in [-0.2, 0) is 9.59 Å². The number of para-hydroxylation sites is 2. The molecule has 0 aliphatic carbocycles. The van der Waals surface area contributed by atoms with Gasteiger partial charge in [-0.3, -0.25) is 4.79 Å². The highest BCUT2D eigenvalue weighted by Crippen LogP contribution is 2.31. The molecule has 1 aliphatic rings. The van der Waals surface area contributed by atoms with Crippen LogP contribution in [0, 0.1) is 0 Å². The van der Waals surface area contributed by atoms with E-state index in [-0.39, 0.29) is 19.1 Å². The van der Waals surface area contributed by atoms with E-state index in [2.05, 4.69) is 0 Å². The third kappa shape index (κ3) is 2.76. The van der Waals surface area contributed by atoms with E-state index in [1.165, 1.54) is 4.90 Å². The summed E-state index contributed by atoms with van der Waals surface area (Å²) in [5, 5.41) is 8.97. The predicted octanol–water partition coefficient (Wildman–Crippen LogP) is 1.83. The van der Waals surface area contributed by atoms with Crippen LogP contribution in [0.1, 0.15) is 13.3 Å². The number of anilines is 1. The van der Waals surface area contributed by atoms with Gasteiger partial charge in [0.2, 0.25) is 0 Å². The Morgan fingerprint density at radius 1 is 1.47 bits per heavy atom. The molecule has 0 fully saturated rings. The van der Waals surface area contributed by atoms with E-state index in [9.17, 15) is 9.59 Å². The lowest BCUT2D eigenvalue weighted by atomic mass is 10.1. The monoisotopic (exact) mass is 261 g/mol. The van der Waals surface area contributed by atoms with Crippen LogP contribution in [0.2, 0.25) is 0 Å². The van der Waals surface area contributed by atoms with Crippen molar-refractivity contribution in [1.29, 1.82) is 0 Å². The summed E-state index contributed by atoms with van der Waals surface area (Å²) in [5.74, 6) is -0.476. The van der Waals surface area contributed by atoms with Crippen molar-refractivity contribution in [3.05, 3.63) is 35.9 Å². The molecule has 0 saturated heterocycles. The molecule has 1 aromatic rings. The van der Waals surface area contributed by atoms with Crippen LogP contribution in [0.15, 0.2) is 35.9 Å². The Bertz CT molecular complexity index is 536. The fourth-order valence-electron chi connectivity index (χ4n) is 1.94. The maximum Gasteiger partial charge on any atom is 0.331 e. The summed E-state index contributed by atoms with van der Waals surface area (Å²) >= 11 is 0. The fourth-order valence-corrected chi connectivity index (χ4v) is 1.94. The molecule has 0 radical (unpaired) electrons. The average molecular weight is 261 g/mol. The number of benzene rings is 1. The molecule has 1 heterocycles. The van der Waals surface area contributed by atoms with Crippen LogP contribution in [0.4, 0.5) is 5.69 Å². The number of fused-ring (bicyclic) bond motifs is 1. The maximum absolute atomic E-state index is 11.9. The molecule has 5 nitrogen and oxygen atoms in total. The zero-order chi connectivity index (χ0) is 13.8. The van der Waals surface area contributed by atoms with Crippen molar-refractivity contribution in [2.45, 2.75) is 13.3 Å². The minimum absolute atomic E-state index is 0.0145. The molecule has 1 aromatic carbocycles. The summed E-state index contributed by atoms with van der Waals surface area (Å²) in [6.07, 6.45) is 2.00. The Balaban J connectivity index is 2.25. The van der Waals surface area contributed by atoms with Gasteiger partial charge in [-0.1, -0.05) is 25.1 Å². The maximum atomic E-state index is 11.9. The zero-order valence-corrected chi connectivity index (χ0v) is 10.6. The van der Waals surface area contributed by atoms with E-state index in [0.29, 0.717) is 23.4 Å². The first-order valence-electron chi connectivity index (χ1n) is 6.08. The van der Waals surface area contributed by atoms with Gasteiger partial charge in [-0.05, 0) is 18.6 Å². The number of carbonyl (C=O) groups excluding carboxylic acids is 1. The molecule has 0 bridgehead atoms. The lowest BCUT2D eigenvalue weighted by Gasteiger charge is -2.28. The molecular weight excluding hydrogens is 246 g/mol. The van der Waals surface area contributed by atoms with Gasteiger partial charge in [0.15, 0.2) is 6.61 Å². The minimum atomic E-state index is -0.948. The number of carboxylic acids is 1. The molecule has 1 amide bonds. The Morgan fingerprint density at radius 3 is 2.89 bits per heavy atom. The van der Waals surface area contributed by atoms with Crippen LogP contribution in [0.25, 0.3) is 0 Å². The first-order valence-corrected chi connectivity index (χ1v) is 6.08. The number of hydrogen-bond acceptors (Lipinski definition) is 3. The summed E-state index contributed by atoms with van der Waals surface area (Å²) < 4.78 is 5.32.